The first kappa shape index (κ1) is 14.7. The average molecular weight is 236 g/mol. The van der Waals surface area contributed by atoms with Crippen molar-refractivity contribution in [2.45, 2.75) is 24.4 Å². The minimum atomic E-state index is -1.00. The molecule has 0 rings (SSSR count). The fourth-order valence-corrected chi connectivity index (χ4v) is 1.64. The number of aliphatic carboxylic acids is 1. The summed E-state index contributed by atoms with van der Waals surface area (Å²) in [7, 11) is 0. The van der Waals surface area contributed by atoms with E-state index >= 15 is 0 Å². The fourth-order valence-electron chi connectivity index (χ4n) is 0.851. The molecule has 0 saturated carbocycles. The maximum Gasteiger partial charge on any atom is 0.321 e. The molecule has 7 heteroatoms. The second-order valence-corrected chi connectivity index (χ2v) is 4.32. The Balaban J connectivity index is 3.40. The van der Waals surface area contributed by atoms with Crippen LogP contribution in [0.15, 0.2) is 0 Å². The van der Waals surface area contributed by atoms with E-state index in [9.17, 15) is 4.79 Å². The van der Waals surface area contributed by atoms with Crippen molar-refractivity contribution >= 4 is 17.7 Å². The Morgan fingerprint density at radius 3 is 2.60 bits per heavy atom. The van der Waals surface area contributed by atoms with Crippen molar-refractivity contribution in [3.05, 3.63) is 0 Å². The van der Waals surface area contributed by atoms with Crippen LogP contribution in [0.3, 0.4) is 0 Å². The first-order chi connectivity index (χ1) is 7.07. The quantitative estimate of drug-likeness (QED) is 0.249. The minimum absolute atomic E-state index is 0.270. The van der Waals surface area contributed by atoms with Gasteiger partial charge in [0.05, 0.1) is 0 Å². The molecule has 0 saturated heterocycles. The van der Waals surface area contributed by atoms with Crippen LogP contribution >= 0.6 is 11.8 Å². The SMILES string of the molecule is NCCCCN[C@H](N)SC[C@H](N)C(=O)O. The van der Waals surface area contributed by atoms with Gasteiger partial charge in [0.15, 0.2) is 0 Å². The molecule has 90 valence electrons. The molecule has 0 amide bonds. The predicted octanol–water partition coefficient (Wildman–Crippen LogP) is -1.30. The number of nitrogens with one attached hydrogen (secondary N) is 1. The number of rotatable bonds is 9. The summed E-state index contributed by atoms with van der Waals surface area (Å²) in [5, 5.41) is 11.6. The van der Waals surface area contributed by atoms with Crippen LogP contribution in [0.2, 0.25) is 0 Å². The van der Waals surface area contributed by atoms with E-state index in [0.29, 0.717) is 12.3 Å². The van der Waals surface area contributed by atoms with Gasteiger partial charge in [-0.3, -0.25) is 10.1 Å². The van der Waals surface area contributed by atoms with Crippen LogP contribution in [-0.2, 0) is 4.79 Å². The van der Waals surface area contributed by atoms with Gasteiger partial charge in [-0.2, -0.15) is 0 Å². The second kappa shape index (κ2) is 8.93. The van der Waals surface area contributed by atoms with Gasteiger partial charge in [-0.15, -0.1) is 11.8 Å². The number of unbranched alkanes of at least 4 members (excludes halogenated alkanes) is 1. The number of carbonyl (C=O) groups is 1. The zero-order chi connectivity index (χ0) is 11.7. The van der Waals surface area contributed by atoms with Crippen LogP contribution in [0, 0.1) is 0 Å². The third-order valence-electron chi connectivity index (χ3n) is 1.75. The molecule has 0 spiro atoms. The van der Waals surface area contributed by atoms with Crippen molar-refractivity contribution in [1.29, 1.82) is 0 Å². The van der Waals surface area contributed by atoms with E-state index in [1.54, 1.807) is 0 Å². The molecule has 2 atom stereocenters. The second-order valence-electron chi connectivity index (χ2n) is 3.15. The van der Waals surface area contributed by atoms with Crippen molar-refractivity contribution in [3.63, 3.8) is 0 Å². The third-order valence-corrected chi connectivity index (χ3v) is 2.83. The zero-order valence-electron chi connectivity index (χ0n) is 8.69. The van der Waals surface area contributed by atoms with Crippen molar-refractivity contribution in [3.8, 4) is 0 Å². The van der Waals surface area contributed by atoms with Crippen molar-refractivity contribution in [2.75, 3.05) is 18.8 Å². The van der Waals surface area contributed by atoms with Gasteiger partial charge in [0, 0.05) is 5.75 Å². The van der Waals surface area contributed by atoms with E-state index in [1.165, 1.54) is 11.8 Å². The summed E-state index contributed by atoms with van der Waals surface area (Å²) in [4.78, 5) is 10.4. The summed E-state index contributed by atoms with van der Waals surface area (Å²) >= 11 is 1.30. The maximum absolute atomic E-state index is 10.4. The molecule has 8 N–H and O–H groups in total. The Bertz CT molecular complexity index is 182. The zero-order valence-corrected chi connectivity index (χ0v) is 9.50. The summed E-state index contributed by atoms with van der Waals surface area (Å²) in [5.41, 5.74) is 16.1. The lowest BCUT2D eigenvalue weighted by Crippen LogP contribution is -2.39. The summed E-state index contributed by atoms with van der Waals surface area (Å²) in [6.45, 7) is 1.46. The Morgan fingerprint density at radius 1 is 1.40 bits per heavy atom. The standard InChI is InChI=1S/C8H20N4O2S/c9-3-1-2-4-12-8(11)15-5-6(10)7(13)14/h6,8,12H,1-5,9-11H2,(H,13,14)/t6-,8-/m0/s1. The minimum Gasteiger partial charge on any atom is -0.480 e. The van der Waals surface area contributed by atoms with Crippen molar-refractivity contribution in [1.82, 2.24) is 5.32 Å². The van der Waals surface area contributed by atoms with Crippen LogP contribution in [0.5, 0.6) is 0 Å². The Hall–Kier alpha value is -0.340. The molecule has 0 aromatic heterocycles. The van der Waals surface area contributed by atoms with Crippen LogP contribution in [0.1, 0.15) is 12.8 Å². The van der Waals surface area contributed by atoms with Gasteiger partial charge in [-0.05, 0) is 25.9 Å². The highest BCUT2D eigenvalue weighted by Gasteiger charge is 2.13. The van der Waals surface area contributed by atoms with Gasteiger partial charge in [-0.25, -0.2) is 0 Å². The van der Waals surface area contributed by atoms with Gasteiger partial charge >= 0.3 is 5.97 Å². The molecule has 0 aromatic rings. The summed E-state index contributed by atoms with van der Waals surface area (Å²) in [6.07, 6.45) is 1.93. The smallest absolute Gasteiger partial charge is 0.321 e. The van der Waals surface area contributed by atoms with Gasteiger partial charge in [-0.1, -0.05) is 0 Å². The molecule has 0 heterocycles. The van der Waals surface area contributed by atoms with Crippen molar-refractivity contribution < 1.29 is 9.90 Å². The fraction of sp³-hybridized carbons (Fsp3) is 0.875. The van der Waals surface area contributed by atoms with E-state index in [-0.39, 0.29) is 5.50 Å². The molecule has 0 fully saturated rings. The molecule has 0 aliphatic carbocycles. The van der Waals surface area contributed by atoms with Gasteiger partial charge < -0.3 is 22.3 Å². The number of hydrogen-bond acceptors (Lipinski definition) is 6. The topological polar surface area (TPSA) is 127 Å². The highest BCUT2D eigenvalue weighted by Crippen LogP contribution is 2.04. The molecule has 0 bridgehead atoms. The van der Waals surface area contributed by atoms with Gasteiger partial charge in [0.25, 0.3) is 0 Å². The van der Waals surface area contributed by atoms with Crippen LogP contribution in [-0.4, -0.2) is 41.5 Å². The number of hydrogen-bond donors (Lipinski definition) is 5. The monoisotopic (exact) mass is 236 g/mol. The lowest BCUT2D eigenvalue weighted by atomic mass is 10.3. The van der Waals surface area contributed by atoms with E-state index in [0.717, 1.165) is 19.4 Å². The largest absolute Gasteiger partial charge is 0.480 e. The lowest BCUT2D eigenvalue weighted by Gasteiger charge is -2.14. The molecule has 6 nitrogen and oxygen atoms in total. The number of nitrogens with two attached hydrogens (primary N) is 3. The Morgan fingerprint density at radius 2 is 2.07 bits per heavy atom. The Kier molecular flexibility index (Phi) is 8.73. The summed E-state index contributed by atoms with van der Waals surface area (Å²) < 4.78 is 0. The first-order valence-electron chi connectivity index (χ1n) is 4.87. The Labute approximate surface area is 93.9 Å². The van der Waals surface area contributed by atoms with Crippen molar-refractivity contribution in [2.24, 2.45) is 17.2 Å². The average Bonchev–Trinajstić information content (AvgIpc) is 2.20. The molecular weight excluding hydrogens is 216 g/mol. The number of carboxylic acid groups (broad SMARTS) is 1. The van der Waals surface area contributed by atoms with E-state index in [1.807, 2.05) is 0 Å². The van der Waals surface area contributed by atoms with E-state index in [2.05, 4.69) is 5.32 Å². The van der Waals surface area contributed by atoms with E-state index in [4.69, 9.17) is 22.3 Å². The normalized spacial score (nSPS) is 14.9. The van der Waals surface area contributed by atoms with Crippen LogP contribution in [0.25, 0.3) is 0 Å². The molecule has 0 radical (unpaired) electrons. The number of carboxylic acids is 1. The first-order valence-corrected chi connectivity index (χ1v) is 5.91. The molecule has 15 heavy (non-hydrogen) atoms. The van der Waals surface area contributed by atoms with Crippen LogP contribution < -0.4 is 22.5 Å². The molecule has 0 aliphatic heterocycles. The van der Waals surface area contributed by atoms with E-state index < -0.39 is 12.0 Å². The highest BCUT2D eigenvalue weighted by atomic mass is 32.2. The van der Waals surface area contributed by atoms with Gasteiger partial charge in [0.2, 0.25) is 0 Å². The number of thioether (sulfide) groups is 1. The molecular formula is C8H20N4O2S. The van der Waals surface area contributed by atoms with Crippen LogP contribution in [0.4, 0.5) is 0 Å². The molecule has 0 unspecified atom stereocenters. The lowest BCUT2D eigenvalue weighted by molar-refractivity contribution is -0.137. The summed E-state index contributed by atoms with van der Waals surface area (Å²) in [6, 6.07) is -0.855. The third kappa shape index (κ3) is 8.64. The van der Waals surface area contributed by atoms with Gasteiger partial charge in [0.1, 0.15) is 11.5 Å². The maximum atomic E-state index is 10.4. The predicted molar refractivity (Wildman–Crippen MR) is 62.3 cm³/mol. The summed E-state index contributed by atoms with van der Waals surface area (Å²) in [5.74, 6) is -0.696. The molecule has 0 aliphatic rings. The highest BCUT2D eigenvalue weighted by molar-refractivity contribution is 7.99. The molecule has 0 aromatic carbocycles.